The molecule has 6 heteroatoms. The number of thiophene rings is 1. The van der Waals surface area contributed by atoms with Crippen molar-refractivity contribution in [2.75, 3.05) is 0 Å². The van der Waals surface area contributed by atoms with Crippen molar-refractivity contribution >= 4 is 17.1 Å². The average Bonchev–Trinajstić information content (AvgIpc) is 2.87. The number of nitrogens with zero attached hydrogens (tertiary/aromatic N) is 4. The molecular formula is C9H6N4OS. The van der Waals surface area contributed by atoms with Gasteiger partial charge in [0.2, 0.25) is 0 Å². The number of ketones is 1. The zero-order chi connectivity index (χ0) is 10.7. The first kappa shape index (κ1) is 9.55. The molecule has 0 radical (unpaired) electrons. The summed E-state index contributed by atoms with van der Waals surface area (Å²) < 4.78 is 1.36. The molecule has 0 N–H and O–H groups in total. The predicted molar refractivity (Wildman–Crippen MR) is 53.4 cm³/mol. The van der Waals surface area contributed by atoms with Gasteiger partial charge in [0.15, 0.2) is 5.78 Å². The van der Waals surface area contributed by atoms with Crippen LogP contribution in [0.3, 0.4) is 0 Å². The van der Waals surface area contributed by atoms with Crippen LogP contribution in [0.4, 0.5) is 0 Å². The van der Waals surface area contributed by atoms with Gasteiger partial charge in [0.05, 0.1) is 4.88 Å². The summed E-state index contributed by atoms with van der Waals surface area (Å²) in [5, 5.41) is 14.1. The summed E-state index contributed by atoms with van der Waals surface area (Å²) in [6.07, 6.45) is 1.38. The second kappa shape index (κ2) is 4.02. The van der Waals surface area contributed by atoms with E-state index in [2.05, 4.69) is 10.1 Å². The molecule has 0 saturated carbocycles. The fourth-order valence-corrected chi connectivity index (χ4v) is 1.74. The van der Waals surface area contributed by atoms with Gasteiger partial charge in [0.25, 0.3) is 5.82 Å². The second-order valence-corrected chi connectivity index (χ2v) is 3.73. The van der Waals surface area contributed by atoms with E-state index in [1.54, 1.807) is 12.1 Å². The van der Waals surface area contributed by atoms with Crippen LogP contribution in [0, 0.1) is 11.3 Å². The van der Waals surface area contributed by atoms with Crippen molar-refractivity contribution in [3.05, 3.63) is 34.5 Å². The fraction of sp³-hybridized carbons (Fsp3) is 0.111. The van der Waals surface area contributed by atoms with E-state index in [-0.39, 0.29) is 18.2 Å². The average molecular weight is 218 g/mol. The molecule has 15 heavy (non-hydrogen) atoms. The van der Waals surface area contributed by atoms with E-state index in [1.807, 2.05) is 11.4 Å². The predicted octanol–water partition coefficient (Wildman–Crippen LogP) is 1.09. The van der Waals surface area contributed by atoms with Crippen LogP contribution in [0.15, 0.2) is 23.8 Å². The number of hydrogen-bond acceptors (Lipinski definition) is 5. The summed E-state index contributed by atoms with van der Waals surface area (Å²) in [5.41, 5.74) is 0. The van der Waals surface area contributed by atoms with Crippen LogP contribution in [-0.2, 0) is 6.54 Å². The molecule has 0 aliphatic rings. The maximum absolute atomic E-state index is 11.6. The molecule has 2 rings (SSSR count). The Morgan fingerprint density at radius 1 is 1.67 bits per heavy atom. The molecule has 0 bridgehead atoms. The van der Waals surface area contributed by atoms with Crippen molar-refractivity contribution in [1.29, 1.82) is 5.26 Å². The molecule has 5 nitrogen and oxygen atoms in total. The van der Waals surface area contributed by atoms with Gasteiger partial charge in [0.1, 0.15) is 18.9 Å². The highest BCUT2D eigenvalue weighted by Crippen LogP contribution is 2.09. The number of nitriles is 1. The van der Waals surface area contributed by atoms with Crippen molar-refractivity contribution < 1.29 is 4.79 Å². The number of rotatable bonds is 3. The van der Waals surface area contributed by atoms with Gasteiger partial charge < -0.3 is 0 Å². The molecule has 2 heterocycles. The summed E-state index contributed by atoms with van der Waals surface area (Å²) in [4.78, 5) is 16.0. The molecule has 0 aromatic carbocycles. The molecule has 0 unspecified atom stereocenters. The molecule has 0 fully saturated rings. The van der Waals surface area contributed by atoms with Crippen LogP contribution in [0.1, 0.15) is 15.5 Å². The lowest BCUT2D eigenvalue weighted by molar-refractivity contribution is 0.0971. The highest BCUT2D eigenvalue weighted by Gasteiger charge is 2.08. The normalized spacial score (nSPS) is 9.80. The topological polar surface area (TPSA) is 71.6 Å². The lowest BCUT2D eigenvalue weighted by Crippen LogP contribution is -2.09. The Hall–Kier alpha value is -2.00. The zero-order valence-electron chi connectivity index (χ0n) is 7.62. The molecule has 0 spiro atoms. The summed E-state index contributed by atoms with van der Waals surface area (Å²) >= 11 is 1.39. The minimum atomic E-state index is -0.0283. The van der Waals surface area contributed by atoms with Crippen molar-refractivity contribution in [3.63, 3.8) is 0 Å². The molecule has 0 atom stereocenters. The molecule has 2 aromatic heterocycles. The summed E-state index contributed by atoms with van der Waals surface area (Å²) in [6, 6.07) is 5.38. The minimum Gasteiger partial charge on any atom is -0.291 e. The first-order valence-corrected chi connectivity index (χ1v) is 5.04. The van der Waals surface area contributed by atoms with Crippen molar-refractivity contribution in [2.45, 2.75) is 6.54 Å². The largest absolute Gasteiger partial charge is 0.291 e. The van der Waals surface area contributed by atoms with E-state index >= 15 is 0 Å². The van der Waals surface area contributed by atoms with E-state index in [0.29, 0.717) is 4.88 Å². The van der Waals surface area contributed by atoms with Gasteiger partial charge in [-0.25, -0.2) is 9.67 Å². The fourth-order valence-electron chi connectivity index (χ4n) is 1.08. The van der Waals surface area contributed by atoms with Crippen LogP contribution in [-0.4, -0.2) is 20.5 Å². The first-order chi connectivity index (χ1) is 7.29. The van der Waals surface area contributed by atoms with Gasteiger partial charge >= 0.3 is 0 Å². The van der Waals surface area contributed by atoms with Gasteiger partial charge in [-0.1, -0.05) is 6.07 Å². The molecule has 2 aromatic rings. The van der Waals surface area contributed by atoms with Crippen LogP contribution in [0.2, 0.25) is 0 Å². The summed E-state index contributed by atoms with van der Waals surface area (Å²) in [5.74, 6) is 0.0494. The number of aromatic nitrogens is 3. The van der Waals surface area contributed by atoms with E-state index in [9.17, 15) is 4.79 Å². The van der Waals surface area contributed by atoms with Gasteiger partial charge in [-0.05, 0) is 11.4 Å². The first-order valence-electron chi connectivity index (χ1n) is 4.16. The third-order valence-corrected chi connectivity index (χ3v) is 2.65. The van der Waals surface area contributed by atoms with Crippen molar-refractivity contribution in [1.82, 2.24) is 14.8 Å². The molecule has 0 saturated heterocycles. The Bertz CT molecular complexity index is 508. The van der Waals surface area contributed by atoms with Crippen molar-refractivity contribution in [3.8, 4) is 6.07 Å². The van der Waals surface area contributed by atoms with Gasteiger partial charge in [-0.3, -0.25) is 4.79 Å². The Labute approximate surface area is 89.6 Å². The number of Topliss-reactive ketones (excluding diaryl/α,β-unsaturated/α-hetero) is 1. The quantitative estimate of drug-likeness (QED) is 0.723. The molecular weight excluding hydrogens is 212 g/mol. The Morgan fingerprint density at radius 3 is 3.13 bits per heavy atom. The monoisotopic (exact) mass is 218 g/mol. The van der Waals surface area contributed by atoms with Gasteiger partial charge in [-0.2, -0.15) is 5.26 Å². The molecule has 0 amide bonds. The number of hydrogen-bond donors (Lipinski definition) is 0. The molecule has 0 aliphatic carbocycles. The third kappa shape index (κ3) is 2.08. The molecule has 74 valence electrons. The van der Waals surface area contributed by atoms with Crippen LogP contribution in [0.25, 0.3) is 0 Å². The van der Waals surface area contributed by atoms with E-state index in [4.69, 9.17) is 5.26 Å². The van der Waals surface area contributed by atoms with Gasteiger partial charge in [-0.15, -0.1) is 16.4 Å². The maximum atomic E-state index is 11.6. The van der Waals surface area contributed by atoms with Crippen LogP contribution >= 0.6 is 11.3 Å². The third-order valence-electron chi connectivity index (χ3n) is 1.74. The highest BCUT2D eigenvalue weighted by atomic mass is 32.1. The Balaban J connectivity index is 2.10. The second-order valence-electron chi connectivity index (χ2n) is 2.78. The zero-order valence-corrected chi connectivity index (χ0v) is 8.44. The van der Waals surface area contributed by atoms with Crippen LogP contribution < -0.4 is 0 Å². The lowest BCUT2D eigenvalue weighted by Gasteiger charge is -1.96. The van der Waals surface area contributed by atoms with E-state index < -0.39 is 0 Å². The Kier molecular flexibility index (Phi) is 2.56. The Morgan fingerprint density at radius 2 is 2.53 bits per heavy atom. The SMILES string of the molecule is N#Cc1ncn(CC(=O)c2cccs2)n1. The maximum Gasteiger partial charge on any atom is 0.252 e. The summed E-state index contributed by atoms with van der Waals surface area (Å²) in [7, 11) is 0. The van der Waals surface area contributed by atoms with Crippen molar-refractivity contribution in [2.24, 2.45) is 0 Å². The summed E-state index contributed by atoms with van der Waals surface area (Å²) in [6.45, 7) is 0.120. The minimum absolute atomic E-state index is 0.0283. The van der Waals surface area contributed by atoms with E-state index in [0.717, 1.165) is 0 Å². The molecule has 0 aliphatic heterocycles. The van der Waals surface area contributed by atoms with Gasteiger partial charge in [0, 0.05) is 0 Å². The number of carbonyl (C=O) groups is 1. The van der Waals surface area contributed by atoms with E-state index in [1.165, 1.54) is 22.3 Å². The number of carbonyl (C=O) groups excluding carboxylic acids is 1. The lowest BCUT2D eigenvalue weighted by atomic mass is 10.3. The van der Waals surface area contributed by atoms with Crippen LogP contribution in [0.5, 0.6) is 0 Å². The smallest absolute Gasteiger partial charge is 0.252 e. The highest BCUT2D eigenvalue weighted by molar-refractivity contribution is 7.12. The standard InChI is InChI=1S/C9H6N4OS/c10-4-9-11-6-13(12-9)5-7(14)8-2-1-3-15-8/h1-3,6H,5H2.